The van der Waals surface area contributed by atoms with E-state index in [0.717, 1.165) is 25.7 Å². The third kappa shape index (κ3) is 7.79. The Hall–Kier alpha value is -1.31. The van der Waals surface area contributed by atoms with Crippen molar-refractivity contribution in [2.75, 3.05) is 0 Å². The standard InChI is InChI=1S/C27H44O2/c1-21-19-24(13-9-7-12-16-27(17-18-27)29-20-28)22(2)23(3)25(21)14-10-8-11-15-26(4,5)6/h19-20H,7-18H2,1-6H3. The van der Waals surface area contributed by atoms with Crippen LogP contribution in [0.2, 0.25) is 0 Å². The maximum Gasteiger partial charge on any atom is 0.293 e. The lowest BCUT2D eigenvalue weighted by atomic mass is 9.87. The number of unbranched alkanes of at least 4 members (excludes halogenated alkanes) is 4. The highest BCUT2D eigenvalue weighted by molar-refractivity contribution is 5.44. The van der Waals surface area contributed by atoms with E-state index in [4.69, 9.17) is 4.74 Å². The van der Waals surface area contributed by atoms with Gasteiger partial charge in [-0.25, -0.2) is 0 Å². The monoisotopic (exact) mass is 400 g/mol. The van der Waals surface area contributed by atoms with Crippen molar-refractivity contribution in [1.29, 1.82) is 0 Å². The molecule has 1 fully saturated rings. The zero-order valence-electron chi connectivity index (χ0n) is 20.0. The van der Waals surface area contributed by atoms with Crippen LogP contribution < -0.4 is 0 Å². The molecule has 0 heterocycles. The van der Waals surface area contributed by atoms with Crippen LogP contribution in [-0.2, 0) is 22.4 Å². The third-order valence-corrected chi connectivity index (χ3v) is 6.90. The van der Waals surface area contributed by atoms with Crippen LogP contribution in [0.1, 0.15) is 113 Å². The minimum atomic E-state index is -0.0840. The molecule has 164 valence electrons. The van der Waals surface area contributed by atoms with Gasteiger partial charge >= 0.3 is 0 Å². The molecule has 1 aromatic rings. The van der Waals surface area contributed by atoms with Gasteiger partial charge in [-0.15, -0.1) is 0 Å². The fraction of sp³-hybridized carbons (Fsp3) is 0.741. The van der Waals surface area contributed by atoms with Gasteiger partial charge in [-0.3, -0.25) is 4.79 Å². The molecule has 0 N–H and O–H groups in total. The highest BCUT2D eigenvalue weighted by Gasteiger charge is 2.44. The number of carbonyl (C=O) groups excluding carboxylic acids is 1. The second kappa shape index (κ2) is 10.6. The molecule has 2 rings (SSSR count). The number of benzene rings is 1. The first-order valence-corrected chi connectivity index (χ1v) is 11.9. The van der Waals surface area contributed by atoms with Crippen molar-refractivity contribution < 1.29 is 9.53 Å². The van der Waals surface area contributed by atoms with E-state index in [1.54, 1.807) is 5.56 Å². The highest BCUT2D eigenvalue weighted by Crippen LogP contribution is 2.43. The SMILES string of the molecule is Cc1cc(CCCCCC2(OC=O)CC2)c(C)c(C)c1CCCCCC(C)(C)C. The second-order valence-electron chi connectivity index (χ2n) is 10.7. The average molecular weight is 401 g/mol. The number of hydrogen-bond donors (Lipinski definition) is 0. The summed E-state index contributed by atoms with van der Waals surface area (Å²) in [4.78, 5) is 10.6. The van der Waals surface area contributed by atoms with Gasteiger partial charge < -0.3 is 4.74 Å². The maximum atomic E-state index is 10.6. The summed E-state index contributed by atoms with van der Waals surface area (Å²) in [5.74, 6) is 0. The lowest BCUT2D eigenvalue weighted by molar-refractivity contribution is -0.135. The fourth-order valence-corrected chi connectivity index (χ4v) is 4.61. The Labute approximate surface area is 179 Å². The van der Waals surface area contributed by atoms with E-state index in [1.807, 2.05) is 0 Å². The summed E-state index contributed by atoms with van der Waals surface area (Å²) in [5.41, 5.74) is 8.00. The van der Waals surface area contributed by atoms with Gasteiger partial charge in [0.25, 0.3) is 6.47 Å². The Morgan fingerprint density at radius 2 is 1.59 bits per heavy atom. The molecule has 1 aliphatic rings. The van der Waals surface area contributed by atoms with Gasteiger partial charge in [-0.2, -0.15) is 0 Å². The van der Waals surface area contributed by atoms with Crippen LogP contribution in [0.25, 0.3) is 0 Å². The van der Waals surface area contributed by atoms with Crippen molar-refractivity contribution in [2.24, 2.45) is 5.41 Å². The molecular weight excluding hydrogens is 356 g/mol. The van der Waals surface area contributed by atoms with Crippen molar-refractivity contribution in [3.63, 3.8) is 0 Å². The molecule has 0 spiro atoms. The van der Waals surface area contributed by atoms with Crippen molar-refractivity contribution in [1.82, 2.24) is 0 Å². The second-order valence-corrected chi connectivity index (χ2v) is 10.7. The lowest BCUT2D eigenvalue weighted by Gasteiger charge is -2.19. The minimum Gasteiger partial charge on any atom is -0.461 e. The van der Waals surface area contributed by atoms with Gasteiger partial charge in [0.1, 0.15) is 5.60 Å². The van der Waals surface area contributed by atoms with Gasteiger partial charge in [0.05, 0.1) is 0 Å². The predicted molar refractivity (Wildman–Crippen MR) is 124 cm³/mol. The summed E-state index contributed by atoms with van der Waals surface area (Å²) in [6, 6.07) is 2.45. The molecule has 0 amide bonds. The van der Waals surface area contributed by atoms with Gasteiger partial charge in [-0.1, -0.05) is 46.1 Å². The van der Waals surface area contributed by atoms with Gasteiger partial charge in [0.15, 0.2) is 0 Å². The van der Waals surface area contributed by atoms with Crippen LogP contribution >= 0.6 is 0 Å². The lowest BCUT2D eigenvalue weighted by Crippen LogP contribution is -2.12. The Morgan fingerprint density at radius 1 is 0.931 bits per heavy atom. The number of aryl methyl sites for hydroxylation is 2. The van der Waals surface area contributed by atoms with Crippen LogP contribution in [0.3, 0.4) is 0 Å². The number of ether oxygens (including phenoxy) is 1. The van der Waals surface area contributed by atoms with Crippen molar-refractivity contribution >= 4 is 6.47 Å². The molecule has 1 aromatic carbocycles. The van der Waals surface area contributed by atoms with Gasteiger partial charge in [0, 0.05) is 0 Å². The van der Waals surface area contributed by atoms with E-state index < -0.39 is 0 Å². The molecule has 1 aliphatic carbocycles. The molecule has 0 atom stereocenters. The average Bonchev–Trinajstić information content (AvgIpc) is 3.40. The van der Waals surface area contributed by atoms with E-state index in [-0.39, 0.29) is 5.60 Å². The molecular formula is C27H44O2. The molecule has 0 unspecified atom stereocenters. The maximum absolute atomic E-state index is 10.6. The Balaban J connectivity index is 1.77. The first kappa shape index (κ1) is 24.0. The number of carbonyl (C=O) groups is 1. The van der Waals surface area contributed by atoms with Crippen LogP contribution in [0.4, 0.5) is 0 Å². The zero-order valence-corrected chi connectivity index (χ0v) is 20.0. The minimum absolute atomic E-state index is 0.0840. The summed E-state index contributed by atoms with van der Waals surface area (Å²) >= 11 is 0. The van der Waals surface area contributed by atoms with Crippen LogP contribution in [0, 0.1) is 26.2 Å². The number of hydrogen-bond acceptors (Lipinski definition) is 2. The highest BCUT2D eigenvalue weighted by atomic mass is 16.5. The van der Waals surface area contributed by atoms with Crippen molar-refractivity contribution in [3.05, 3.63) is 33.9 Å². The normalized spacial score (nSPS) is 15.4. The van der Waals surface area contributed by atoms with Gasteiger partial charge in [0.2, 0.25) is 0 Å². The molecule has 0 aromatic heterocycles. The topological polar surface area (TPSA) is 26.3 Å². The zero-order chi connectivity index (χ0) is 21.5. The molecule has 0 bridgehead atoms. The Bertz CT molecular complexity index is 662. The summed E-state index contributed by atoms with van der Waals surface area (Å²) < 4.78 is 5.25. The number of rotatable bonds is 13. The Morgan fingerprint density at radius 3 is 2.21 bits per heavy atom. The quantitative estimate of drug-likeness (QED) is 0.252. The molecule has 2 nitrogen and oxygen atoms in total. The summed E-state index contributed by atoms with van der Waals surface area (Å²) in [7, 11) is 0. The van der Waals surface area contributed by atoms with Crippen molar-refractivity contribution in [2.45, 2.75) is 124 Å². The van der Waals surface area contributed by atoms with E-state index in [2.05, 4.69) is 47.6 Å². The summed E-state index contributed by atoms with van der Waals surface area (Å²) in [6.07, 6.45) is 14.5. The van der Waals surface area contributed by atoms with Crippen LogP contribution in [0.5, 0.6) is 0 Å². The molecule has 0 radical (unpaired) electrons. The van der Waals surface area contributed by atoms with Crippen LogP contribution in [0.15, 0.2) is 6.07 Å². The predicted octanol–water partition coefficient (Wildman–Crippen LogP) is 7.57. The first-order valence-electron chi connectivity index (χ1n) is 11.9. The molecule has 1 saturated carbocycles. The molecule has 2 heteroatoms. The van der Waals surface area contributed by atoms with Crippen LogP contribution in [-0.4, -0.2) is 12.1 Å². The first-order chi connectivity index (χ1) is 13.7. The van der Waals surface area contributed by atoms with E-state index in [1.165, 1.54) is 73.6 Å². The Kier molecular flexibility index (Phi) is 8.79. The van der Waals surface area contributed by atoms with Crippen molar-refractivity contribution in [3.8, 4) is 0 Å². The molecule has 0 aliphatic heterocycles. The smallest absolute Gasteiger partial charge is 0.293 e. The summed E-state index contributed by atoms with van der Waals surface area (Å²) in [6.45, 7) is 14.6. The van der Waals surface area contributed by atoms with Gasteiger partial charge in [-0.05, 0) is 112 Å². The van der Waals surface area contributed by atoms with E-state index in [0.29, 0.717) is 11.9 Å². The largest absolute Gasteiger partial charge is 0.461 e. The summed E-state index contributed by atoms with van der Waals surface area (Å²) in [5, 5.41) is 0. The van der Waals surface area contributed by atoms with E-state index >= 15 is 0 Å². The van der Waals surface area contributed by atoms with E-state index in [9.17, 15) is 4.79 Å². The molecule has 0 saturated heterocycles. The molecule has 29 heavy (non-hydrogen) atoms. The fourth-order valence-electron chi connectivity index (χ4n) is 4.61. The third-order valence-electron chi connectivity index (χ3n) is 6.90.